The van der Waals surface area contributed by atoms with E-state index in [1.807, 2.05) is 31.2 Å². The number of nitrogens with zero attached hydrogens (tertiary/aromatic N) is 1. The topological polar surface area (TPSA) is 99.9 Å². The van der Waals surface area contributed by atoms with Crippen LogP contribution in [0.4, 0.5) is 0 Å². The first kappa shape index (κ1) is 15.8. The van der Waals surface area contributed by atoms with Gasteiger partial charge in [-0.3, -0.25) is 9.59 Å². The smallest absolute Gasteiger partial charge is 0.310 e. The van der Waals surface area contributed by atoms with Crippen LogP contribution in [0.15, 0.2) is 36.7 Å². The molecule has 0 fully saturated rings. The van der Waals surface area contributed by atoms with Gasteiger partial charge in [0.1, 0.15) is 5.82 Å². The third-order valence-corrected chi connectivity index (χ3v) is 3.72. The Labute approximate surface area is 138 Å². The molecular weight excluding hydrogens is 308 g/mol. The molecule has 0 radical (unpaired) electrons. The Hall–Kier alpha value is -3.09. The van der Waals surface area contributed by atoms with Gasteiger partial charge in [-0.1, -0.05) is 18.2 Å². The van der Waals surface area contributed by atoms with E-state index < -0.39 is 5.97 Å². The van der Waals surface area contributed by atoms with Crippen LogP contribution in [0.1, 0.15) is 17.1 Å². The van der Waals surface area contributed by atoms with E-state index in [1.54, 1.807) is 12.4 Å². The van der Waals surface area contributed by atoms with Crippen LogP contribution in [0, 0.1) is 6.92 Å². The number of para-hydroxylation sites is 1. The third kappa shape index (κ3) is 3.62. The normalized spacial score (nSPS) is 10.7. The van der Waals surface area contributed by atoms with Gasteiger partial charge >= 0.3 is 5.97 Å². The van der Waals surface area contributed by atoms with Crippen molar-refractivity contribution in [2.45, 2.75) is 19.9 Å². The summed E-state index contributed by atoms with van der Waals surface area (Å²) in [5, 5.41) is 3.62. The number of benzene rings is 1. The second kappa shape index (κ2) is 6.99. The summed E-state index contributed by atoms with van der Waals surface area (Å²) in [7, 11) is 0. The number of amides is 1. The van der Waals surface area contributed by atoms with Crippen LogP contribution < -0.4 is 5.32 Å². The summed E-state index contributed by atoms with van der Waals surface area (Å²) in [5.74, 6) is -0.157. The number of hydrogen-bond acceptors (Lipinski definition) is 4. The molecule has 3 N–H and O–H groups in total. The molecule has 7 heteroatoms. The highest BCUT2D eigenvalue weighted by molar-refractivity contribution is 5.89. The molecule has 0 atom stereocenters. The maximum Gasteiger partial charge on any atom is 0.310 e. The van der Waals surface area contributed by atoms with Gasteiger partial charge in [0.2, 0.25) is 0 Å². The molecule has 0 spiro atoms. The number of ether oxygens (including phenoxy) is 1. The first-order valence-corrected chi connectivity index (χ1v) is 7.60. The number of nitrogens with one attached hydrogen (secondary N) is 3. The van der Waals surface area contributed by atoms with Crippen molar-refractivity contribution in [3.63, 3.8) is 0 Å². The van der Waals surface area contributed by atoms with E-state index in [9.17, 15) is 9.59 Å². The van der Waals surface area contributed by atoms with Crippen LogP contribution in [0.2, 0.25) is 0 Å². The number of aromatic nitrogens is 3. The lowest BCUT2D eigenvalue weighted by atomic mass is 10.1. The molecule has 3 rings (SSSR count). The summed E-state index contributed by atoms with van der Waals surface area (Å²) in [6, 6.07) is 7.77. The number of aryl methyl sites for hydroxylation is 1. The maximum atomic E-state index is 12.0. The Morgan fingerprint density at radius 3 is 2.92 bits per heavy atom. The molecule has 0 aliphatic heterocycles. The number of imidazole rings is 1. The molecule has 124 valence electrons. The lowest BCUT2D eigenvalue weighted by molar-refractivity contribution is -0.147. The summed E-state index contributed by atoms with van der Waals surface area (Å²) in [5.41, 5.74) is 2.80. The number of carbonyl (C=O) groups excluding carboxylic acids is 2. The SMILES string of the molecule is Cc1[nH]c2ccccc2c1CC(=O)OCC(=O)NCc1ncc[nH]1. The van der Waals surface area contributed by atoms with Crippen molar-refractivity contribution >= 4 is 22.8 Å². The molecule has 7 nitrogen and oxygen atoms in total. The van der Waals surface area contributed by atoms with E-state index >= 15 is 0 Å². The van der Waals surface area contributed by atoms with Gasteiger partial charge in [-0.25, -0.2) is 4.98 Å². The summed E-state index contributed by atoms with van der Waals surface area (Å²) in [4.78, 5) is 33.8. The second-order valence-electron chi connectivity index (χ2n) is 5.42. The molecule has 2 heterocycles. The molecule has 3 aromatic rings. The third-order valence-electron chi connectivity index (χ3n) is 3.72. The maximum absolute atomic E-state index is 12.0. The van der Waals surface area contributed by atoms with Crippen molar-refractivity contribution in [3.8, 4) is 0 Å². The highest BCUT2D eigenvalue weighted by Crippen LogP contribution is 2.22. The Balaban J connectivity index is 1.51. The molecule has 0 aliphatic rings. The van der Waals surface area contributed by atoms with Gasteiger partial charge in [0.15, 0.2) is 6.61 Å². The molecule has 2 aromatic heterocycles. The first-order chi connectivity index (χ1) is 11.6. The lowest BCUT2D eigenvalue weighted by Gasteiger charge is -2.06. The van der Waals surface area contributed by atoms with E-state index in [-0.39, 0.29) is 25.5 Å². The van der Waals surface area contributed by atoms with Crippen LogP contribution in [-0.4, -0.2) is 33.4 Å². The molecule has 0 aliphatic carbocycles. The van der Waals surface area contributed by atoms with Gasteiger partial charge in [-0.05, 0) is 18.6 Å². The minimum Gasteiger partial charge on any atom is -0.455 e. The van der Waals surface area contributed by atoms with Crippen LogP contribution >= 0.6 is 0 Å². The fourth-order valence-electron chi connectivity index (χ4n) is 2.53. The lowest BCUT2D eigenvalue weighted by Crippen LogP contribution is -2.29. The molecule has 0 saturated carbocycles. The number of fused-ring (bicyclic) bond motifs is 1. The standard InChI is InChI=1S/C17H18N4O3/c1-11-13(12-4-2-3-5-14(12)21-11)8-17(23)24-10-16(22)20-9-15-18-6-7-19-15/h2-7,21H,8-10H2,1H3,(H,18,19)(H,20,22). The molecule has 0 unspecified atom stereocenters. The van der Waals surface area contributed by atoms with Gasteiger partial charge in [0, 0.05) is 29.0 Å². The zero-order valence-electron chi connectivity index (χ0n) is 13.3. The second-order valence-corrected chi connectivity index (χ2v) is 5.42. The van der Waals surface area contributed by atoms with Crippen molar-refractivity contribution in [1.29, 1.82) is 0 Å². The molecule has 0 saturated heterocycles. The molecule has 24 heavy (non-hydrogen) atoms. The number of H-pyrrole nitrogens is 2. The quantitative estimate of drug-likeness (QED) is 0.599. The zero-order valence-corrected chi connectivity index (χ0v) is 13.3. The van der Waals surface area contributed by atoms with E-state index in [0.717, 1.165) is 22.2 Å². The van der Waals surface area contributed by atoms with Crippen LogP contribution in [0.25, 0.3) is 10.9 Å². The van der Waals surface area contributed by atoms with Gasteiger partial charge in [0.05, 0.1) is 13.0 Å². The Kier molecular flexibility index (Phi) is 4.60. The zero-order chi connectivity index (χ0) is 16.9. The van der Waals surface area contributed by atoms with Crippen molar-refractivity contribution < 1.29 is 14.3 Å². The Bertz CT molecular complexity index is 852. The Morgan fingerprint density at radius 2 is 2.12 bits per heavy atom. The highest BCUT2D eigenvalue weighted by atomic mass is 16.5. The average molecular weight is 326 g/mol. The monoisotopic (exact) mass is 326 g/mol. The van der Waals surface area contributed by atoms with E-state index in [2.05, 4.69) is 20.3 Å². The Morgan fingerprint density at radius 1 is 1.29 bits per heavy atom. The van der Waals surface area contributed by atoms with Gasteiger partial charge in [0.25, 0.3) is 5.91 Å². The van der Waals surface area contributed by atoms with E-state index in [1.165, 1.54) is 0 Å². The number of rotatable bonds is 6. The predicted molar refractivity (Wildman–Crippen MR) is 88.1 cm³/mol. The van der Waals surface area contributed by atoms with Gasteiger partial charge in [-0.2, -0.15) is 0 Å². The van der Waals surface area contributed by atoms with Crippen molar-refractivity contribution in [2.75, 3.05) is 6.61 Å². The fourth-order valence-corrected chi connectivity index (χ4v) is 2.53. The number of carbonyl (C=O) groups is 2. The van der Waals surface area contributed by atoms with Crippen molar-refractivity contribution in [2.24, 2.45) is 0 Å². The largest absolute Gasteiger partial charge is 0.455 e. The first-order valence-electron chi connectivity index (χ1n) is 7.60. The predicted octanol–water partition coefficient (Wildman–Crippen LogP) is 1.60. The van der Waals surface area contributed by atoms with E-state index in [0.29, 0.717) is 5.82 Å². The van der Waals surface area contributed by atoms with Crippen LogP contribution in [-0.2, 0) is 27.3 Å². The van der Waals surface area contributed by atoms with Crippen molar-refractivity contribution in [3.05, 3.63) is 53.7 Å². The van der Waals surface area contributed by atoms with Gasteiger partial charge < -0.3 is 20.0 Å². The molecule has 1 amide bonds. The summed E-state index contributed by atoms with van der Waals surface area (Å²) >= 11 is 0. The van der Waals surface area contributed by atoms with Gasteiger partial charge in [-0.15, -0.1) is 0 Å². The average Bonchev–Trinajstić information content (AvgIpc) is 3.20. The summed E-state index contributed by atoms with van der Waals surface area (Å²) < 4.78 is 5.06. The highest BCUT2D eigenvalue weighted by Gasteiger charge is 2.14. The number of aromatic amines is 2. The molecule has 0 bridgehead atoms. The fraction of sp³-hybridized carbons (Fsp3) is 0.235. The van der Waals surface area contributed by atoms with Crippen molar-refractivity contribution in [1.82, 2.24) is 20.3 Å². The van der Waals surface area contributed by atoms with Crippen LogP contribution in [0.3, 0.4) is 0 Å². The summed E-state index contributed by atoms with van der Waals surface area (Å²) in [6.45, 7) is 1.88. The van der Waals surface area contributed by atoms with Crippen LogP contribution in [0.5, 0.6) is 0 Å². The molecule has 1 aromatic carbocycles. The minimum atomic E-state index is -0.434. The number of hydrogen-bond donors (Lipinski definition) is 3. The minimum absolute atomic E-state index is 0.126. The molecular formula is C17H18N4O3. The van der Waals surface area contributed by atoms with E-state index in [4.69, 9.17) is 4.74 Å². The number of esters is 1. The summed E-state index contributed by atoms with van der Waals surface area (Å²) in [6.07, 6.45) is 3.40.